The van der Waals surface area contributed by atoms with Crippen molar-refractivity contribution in [1.29, 1.82) is 0 Å². The van der Waals surface area contributed by atoms with E-state index in [2.05, 4.69) is 73.1 Å². The zero-order valence-corrected chi connectivity index (χ0v) is 76.3. The summed E-state index contributed by atoms with van der Waals surface area (Å²) in [7, 11) is 3.93. The molecule has 22 N–H and O–H groups in total. The number of aromatic nitrogens is 4. The monoisotopic (exact) mass is 1850 g/mol. The average molecular weight is 1850 g/mol. The number of nitrogens with two attached hydrogens (primary N) is 3. The molecule has 42 heteroatoms. The molecule has 716 valence electrons. The lowest BCUT2D eigenvalue weighted by molar-refractivity contribution is -0.149. The van der Waals surface area contributed by atoms with Crippen LogP contribution in [0.2, 0.25) is 0 Å². The third-order valence-corrected chi connectivity index (χ3v) is 25.2. The number of likely N-dealkylation sites (N-methyl/N-ethyl adjacent to an activating group) is 3. The second kappa shape index (κ2) is 48.9. The van der Waals surface area contributed by atoms with Crippen LogP contribution in [0.5, 0.6) is 5.75 Å². The van der Waals surface area contributed by atoms with Gasteiger partial charge in [-0.2, -0.15) is 0 Å². The fourth-order valence-corrected chi connectivity index (χ4v) is 17.7. The van der Waals surface area contributed by atoms with Gasteiger partial charge in [-0.15, -0.1) is 11.8 Å². The average Bonchev–Trinajstić information content (AvgIpc) is 1.60. The fraction of sp³-hybridized carbons (Fsp3) is 0.533. The Morgan fingerprint density at radius 1 is 0.561 bits per heavy atom. The van der Waals surface area contributed by atoms with Gasteiger partial charge in [0.2, 0.25) is 94.5 Å². The molecule has 132 heavy (non-hydrogen) atoms. The SMILES string of the molecule is CCCC[C@H]1C(=O)N(C)[C@@H](CCCC)C(=O)N[C@@H](CCN)C(=O)N[C@H](C(=O)NCC(N)=O)CSCC(=O)N[C@@H](Cc2ccc(O)cc2)C(=O)N(C)[C@@H](C)C(=O)N[C@@H](CC(N)=O)C(=O)N2CCC[C@H]2C(=O)N[C@@H](Cc2cnc[nH]2)C(=O)N[C@@H](CC(C)C)C(=O)C2C[C@H](O)C[C@H]2C(=O)N[C@@H](Cc2c[nH]c3ccccc23)C(=O)N[C@@H](CO)C(=O)N[C@@H](Cc2c[nH]c3ccccc23)C(=O)N1C. The van der Waals surface area contributed by atoms with Gasteiger partial charge in [-0.1, -0.05) is 102 Å². The first kappa shape index (κ1) is 103. The molecule has 9 rings (SSSR count). The van der Waals surface area contributed by atoms with Crippen LogP contribution in [0.4, 0.5) is 0 Å². The van der Waals surface area contributed by atoms with Crippen molar-refractivity contribution in [1.82, 2.24) is 92.7 Å². The first-order valence-electron chi connectivity index (χ1n) is 44.6. The first-order chi connectivity index (χ1) is 62.9. The number of aliphatic hydroxyl groups is 2. The van der Waals surface area contributed by atoms with Crippen LogP contribution in [0.1, 0.15) is 140 Å². The summed E-state index contributed by atoms with van der Waals surface area (Å²) in [4.78, 5) is 267. The van der Waals surface area contributed by atoms with Crippen LogP contribution in [-0.4, -0.2) is 299 Å². The number of H-pyrrole nitrogens is 3. The van der Waals surface area contributed by atoms with Crippen molar-refractivity contribution in [3.8, 4) is 5.75 Å². The van der Waals surface area contributed by atoms with E-state index >= 15 is 38.4 Å². The quantitative estimate of drug-likeness (QED) is 0.0316. The molecule has 0 bridgehead atoms. The minimum absolute atomic E-state index is 0.00444. The Bertz CT molecular complexity index is 5090. The van der Waals surface area contributed by atoms with Gasteiger partial charge in [-0.3, -0.25) is 81.5 Å². The molecule has 16 atom stereocenters. The summed E-state index contributed by atoms with van der Waals surface area (Å²) in [6.45, 7) is 6.37. The van der Waals surface area contributed by atoms with Crippen molar-refractivity contribution in [2.75, 3.05) is 58.9 Å². The lowest BCUT2D eigenvalue weighted by atomic mass is 9.84. The number of primary amides is 2. The molecular formula is C90H125N21O20S. The number of aliphatic hydroxyl groups excluding tert-OH is 2. The minimum atomic E-state index is -1.87. The minimum Gasteiger partial charge on any atom is -0.508 e. The number of amides is 16. The van der Waals surface area contributed by atoms with Crippen molar-refractivity contribution in [2.45, 2.75) is 228 Å². The number of thioether (sulfide) groups is 1. The van der Waals surface area contributed by atoms with E-state index in [4.69, 9.17) is 17.2 Å². The number of unbranched alkanes of at least 4 members (excludes halogenated alkanes) is 2. The van der Waals surface area contributed by atoms with Crippen molar-refractivity contribution in [3.05, 3.63) is 120 Å². The van der Waals surface area contributed by atoms with Crippen molar-refractivity contribution in [2.24, 2.45) is 35.0 Å². The lowest BCUT2D eigenvalue weighted by Gasteiger charge is -2.36. The summed E-state index contributed by atoms with van der Waals surface area (Å²) in [5.74, 6) is -19.8. The molecule has 3 aliphatic rings. The van der Waals surface area contributed by atoms with Gasteiger partial charge in [0.15, 0.2) is 5.78 Å². The molecule has 0 radical (unpaired) electrons. The largest absolute Gasteiger partial charge is 0.508 e. The van der Waals surface area contributed by atoms with E-state index in [-0.39, 0.29) is 102 Å². The zero-order valence-electron chi connectivity index (χ0n) is 75.5. The number of nitrogens with zero attached hydrogens (tertiary/aromatic N) is 5. The van der Waals surface area contributed by atoms with Crippen LogP contribution >= 0.6 is 11.8 Å². The third kappa shape index (κ3) is 27.9. The van der Waals surface area contributed by atoms with E-state index in [0.717, 1.165) is 31.4 Å². The van der Waals surface area contributed by atoms with E-state index in [0.29, 0.717) is 69.9 Å². The predicted octanol–water partition coefficient (Wildman–Crippen LogP) is -1.85. The number of rotatable bonds is 24. The number of hydrogen-bond donors (Lipinski definition) is 19. The van der Waals surface area contributed by atoms with Gasteiger partial charge in [-0.25, -0.2) is 4.98 Å². The Kier molecular flexibility index (Phi) is 38.1. The molecule has 3 aromatic heterocycles. The van der Waals surface area contributed by atoms with Gasteiger partial charge in [0.05, 0.1) is 49.7 Å². The topological polar surface area (TPSA) is 622 Å². The Morgan fingerprint density at radius 2 is 1.10 bits per heavy atom. The summed E-state index contributed by atoms with van der Waals surface area (Å²) >= 11 is 0.773. The molecule has 2 saturated heterocycles. The maximum absolute atomic E-state index is 15.7. The normalized spacial score (nSPS) is 25.7. The van der Waals surface area contributed by atoms with Crippen molar-refractivity contribution >= 4 is 134 Å². The second-order valence-corrected chi connectivity index (χ2v) is 35.4. The van der Waals surface area contributed by atoms with Gasteiger partial charge in [0.25, 0.3) is 0 Å². The first-order valence-corrected chi connectivity index (χ1v) is 45.7. The molecule has 16 amide bonds. The molecule has 6 aromatic rings. The third-order valence-electron chi connectivity index (χ3n) is 24.2. The molecule has 5 heterocycles. The van der Waals surface area contributed by atoms with E-state index in [1.54, 1.807) is 74.8 Å². The molecule has 1 unspecified atom stereocenters. The van der Waals surface area contributed by atoms with Crippen LogP contribution in [0.15, 0.2) is 97.7 Å². The van der Waals surface area contributed by atoms with E-state index in [1.807, 2.05) is 13.8 Å². The number of imidazole rings is 1. The van der Waals surface area contributed by atoms with E-state index in [9.17, 15) is 58.5 Å². The van der Waals surface area contributed by atoms with Crippen molar-refractivity contribution in [3.63, 3.8) is 0 Å². The summed E-state index contributed by atoms with van der Waals surface area (Å²) in [5, 5.41) is 60.7. The standard InChI is InChI=1S/C90H125N21O20S/c1-9-11-22-71-85(126)100-62(29-30-91)81(122)107-70(80(121)97-43-75(93)116)45-132-46-76(117)99-66(33-50-25-27-54(113)28-26-50)87(128)108(6)49(5)78(119)104-68(39-74(92)115)89(130)111-31-17-24-72(111)86(127)103-65(36-53-42-94-47-98-53)83(124)101-63(32-48(3)4)77(118)58-37-55(114)38-59(58)79(120)102-64(34-51-40-95-60-20-15-13-18-56(51)60)82(123)106-69(44-112)84(125)105-67(35-52-41-96-61-21-16-14-19-57(52)61)88(129)110(8)73(23-12-10-2)90(131)109(71)7/h13-16,18-21,25-28,40-42,47-49,55,58-59,62-73,95-96,112-114H,9-12,17,22-24,29-39,43-46,91H2,1-8H3,(H2,92,115)(H2,93,116)(H,94,98)(H,97,121)(H,99,117)(H,100,126)(H,101,124)(H,102,120)(H,103,127)(H,104,119)(H,105,125)(H,106,123)(H,107,122)/t49-,55-,58?,59+,62-,63-,64-,65-,66-,67-,68-,69-,70-,71-,72-,73-/m0/s1. The molecule has 0 spiro atoms. The van der Waals surface area contributed by atoms with Crippen LogP contribution in [0, 0.1) is 17.8 Å². The number of benzene rings is 3. The maximum atomic E-state index is 15.7. The Morgan fingerprint density at radius 3 is 1.70 bits per heavy atom. The number of Topliss-reactive ketones (excluding diaryl/α,β-unsaturated/α-hetero) is 1. The lowest BCUT2D eigenvalue weighted by Crippen LogP contribution is -2.61. The Balaban J connectivity index is 1.09. The molecule has 3 fully saturated rings. The predicted molar refractivity (Wildman–Crippen MR) is 485 cm³/mol. The number of phenols is 1. The number of nitrogens with one attached hydrogen (secondary N) is 13. The highest BCUT2D eigenvalue weighted by Gasteiger charge is 2.48. The molecule has 2 aliphatic heterocycles. The van der Waals surface area contributed by atoms with Gasteiger partial charge in [0, 0.05) is 111 Å². The van der Waals surface area contributed by atoms with Crippen LogP contribution in [-0.2, 0) is 107 Å². The van der Waals surface area contributed by atoms with Gasteiger partial charge < -0.3 is 120 Å². The number of carbonyl (C=O) groups is 17. The van der Waals surface area contributed by atoms with Crippen LogP contribution in [0.3, 0.4) is 0 Å². The number of para-hydroxylation sites is 2. The fourth-order valence-electron chi connectivity index (χ4n) is 16.8. The summed E-state index contributed by atoms with van der Waals surface area (Å²) in [6.07, 6.45) is 3.76. The van der Waals surface area contributed by atoms with E-state index < -0.39 is 228 Å². The summed E-state index contributed by atoms with van der Waals surface area (Å²) < 4.78 is 0. The number of hydrogen-bond acceptors (Lipinski definition) is 23. The van der Waals surface area contributed by atoms with Gasteiger partial charge in [-0.05, 0) is 112 Å². The highest BCUT2D eigenvalue weighted by Crippen LogP contribution is 2.36. The maximum Gasteiger partial charge on any atom is 0.246 e. The van der Waals surface area contributed by atoms with E-state index in [1.165, 1.54) is 64.9 Å². The second-order valence-electron chi connectivity index (χ2n) is 34.4. The van der Waals surface area contributed by atoms with Crippen LogP contribution in [0.25, 0.3) is 21.8 Å². The smallest absolute Gasteiger partial charge is 0.246 e. The molecule has 41 nitrogen and oxygen atoms in total. The number of fused-ring (bicyclic) bond motifs is 4. The molecule has 3 aromatic carbocycles. The number of carbonyl (C=O) groups excluding carboxylic acids is 17. The highest BCUT2D eigenvalue weighted by molar-refractivity contribution is 8.00. The molecular weight excluding hydrogens is 1730 g/mol. The molecule has 1 aliphatic carbocycles. The number of aromatic amines is 3. The number of ketones is 1. The van der Waals surface area contributed by atoms with Crippen LogP contribution < -0.4 is 70.4 Å². The zero-order chi connectivity index (χ0) is 96.3. The van der Waals surface area contributed by atoms with Gasteiger partial charge >= 0.3 is 0 Å². The number of aromatic hydroxyl groups is 1. The summed E-state index contributed by atoms with van der Waals surface area (Å²) in [6, 6.07) is -0.258. The molecule has 1 saturated carbocycles. The summed E-state index contributed by atoms with van der Waals surface area (Å²) in [5.41, 5.74) is 20.3. The number of phenolic OH excluding ortho intramolecular Hbond substituents is 1. The van der Waals surface area contributed by atoms with Gasteiger partial charge in [0.1, 0.15) is 78.3 Å². The Labute approximate surface area is 767 Å². The highest BCUT2D eigenvalue weighted by atomic mass is 32.2. The Hall–Kier alpha value is -12.8. The van der Waals surface area contributed by atoms with Crippen molar-refractivity contribution < 1.29 is 96.8 Å².